The molecule has 8 nitrogen and oxygen atoms in total. The number of hydrogen-bond donors (Lipinski definition) is 1. The Kier molecular flexibility index (Phi) is 12.6. The smallest absolute Gasteiger partial charge is 0.354 e. The maximum absolute atomic E-state index is 14.0. The maximum atomic E-state index is 14.0. The largest absolute Gasteiger partial charge is 0.481 e. The Morgan fingerprint density at radius 1 is 0.886 bits per heavy atom. The summed E-state index contributed by atoms with van der Waals surface area (Å²) in [5, 5.41) is 2.83. The van der Waals surface area contributed by atoms with Gasteiger partial charge in [0.05, 0.1) is 6.10 Å². The highest BCUT2D eigenvalue weighted by Crippen LogP contribution is 2.44. The lowest BCUT2D eigenvalue weighted by Crippen LogP contribution is -2.36. The van der Waals surface area contributed by atoms with Gasteiger partial charge in [-0.3, -0.25) is 14.2 Å². The lowest BCUT2D eigenvalue weighted by Gasteiger charge is -2.24. The van der Waals surface area contributed by atoms with Crippen LogP contribution in [0.4, 0.5) is 0 Å². The van der Waals surface area contributed by atoms with Gasteiger partial charge in [0.2, 0.25) is 0 Å². The first-order valence-corrected chi connectivity index (χ1v) is 17.0. The Morgan fingerprint density at radius 3 is 2.14 bits per heavy atom. The third-order valence-electron chi connectivity index (χ3n) is 6.92. The normalized spacial score (nSPS) is 13.3. The fourth-order valence-corrected chi connectivity index (χ4v) is 6.39. The minimum absolute atomic E-state index is 0.190. The molecular weight excluding hydrogens is 577 g/mol. The summed E-state index contributed by atoms with van der Waals surface area (Å²) < 4.78 is 36.8. The van der Waals surface area contributed by atoms with Gasteiger partial charge in [-0.2, -0.15) is 0 Å². The fourth-order valence-electron chi connectivity index (χ4n) is 4.73. The number of carbonyl (C=O) groups excluding carboxylic acids is 2. The molecule has 0 aliphatic carbocycles. The lowest BCUT2D eigenvalue weighted by molar-refractivity contribution is -0.149. The second-order valence-electron chi connectivity index (χ2n) is 11.7. The monoisotopic (exact) mass is 623 g/mol. The summed E-state index contributed by atoms with van der Waals surface area (Å²) in [4.78, 5) is 24.6. The van der Waals surface area contributed by atoms with E-state index in [9.17, 15) is 14.2 Å². The van der Waals surface area contributed by atoms with Crippen LogP contribution in [0, 0.1) is 13.8 Å². The van der Waals surface area contributed by atoms with Gasteiger partial charge in [0.1, 0.15) is 23.3 Å². The van der Waals surface area contributed by atoms with Crippen molar-refractivity contribution >= 4 is 19.5 Å². The molecule has 0 spiro atoms. The van der Waals surface area contributed by atoms with Gasteiger partial charge >= 0.3 is 19.5 Å². The maximum Gasteiger partial charge on any atom is 0.354 e. The molecule has 0 aromatic heterocycles. The van der Waals surface area contributed by atoms with Crippen LogP contribution in [0.25, 0.3) is 0 Å². The first-order valence-electron chi connectivity index (χ1n) is 15.2. The molecule has 0 aliphatic rings. The number of rotatable bonds is 15. The van der Waals surface area contributed by atoms with Crippen molar-refractivity contribution in [2.24, 2.45) is 0 Å². The standard InChI is InChI=1S/C35H46NO7P/c1-9-13-34(37)42-33-17-16-28(20-31(33)23(2)3)21-32-25(6)18-30(19-26(32)7)40-22-44(39,43-29-14-11-10-12-15-29)36-27(8)35(38)41-24(4)5/h10-12,14-20,23-24,27H,9,13,21-22H2,1-8H3,(H,36,39)/t27-,44?/m0/s1. The van der Waals surface area contributed by atoms with E-state index in [-0.39, 0.29) is 24.3 Å². The molecule has 238 valence electrons. The molecular formula is C35H46NO7P. The zero-order valence-corrected chi connectivity index (χ0v) is 28.0. The summed E-state index contributed by atoms with van der Waals surface area (Å²) in [6.45, 7) is 15.3. The molecule has 3 aromatic carbocycles. The minimum atomic E-state index is -3.70. The van der Waals surface area contributed by atoms with Crippen LogP contribution in [-0.4, -0.2) is 30.4 Å². The minimum Gasteiger partial charge on any atom is -0.481 e. The summed E-state index contributed by atoms with van der Waals surface area (Å²) in [6, 6.07) is 17.7. The van der Waals surface area contributed by atoms with E-state index >= 15 is 0 Å². The van der Waals surface area contributed by atoms with E-state index in [2.05, 4.69) is 25.0 Å². The van der Waals surface area contributed by atoms with Gasteiger partial charge in [-0.1, -0.05) is 51.1 Å². The first-order chi connectivity index (χ1) is 20.8. The molecule has 0 saturated heterocycles. The zero-order valence-electron chi connectivity index (χ0n) is 27.1. The van der Waals surface area contributed by atoms with E-state index in [0.29, 0.717) is 30.1 Å². The van der Waals surface area contributed by atoms with Crippen LogP contribution in [0.1, 0.15) is 88.1 Å². The number of benzene rings is 3. The van der Waals surface area contributed by atoms with Crippen LogP contribution in [0.2, 0.25) is 0 Å². The summed E-state index contributed by atoms with van der Waals surface area (Å²) >= 11 is 0. The number of hydrogen-bond acceptors (Lipinski definition) is 7. The molecule has 0 saturated carbocycles. The molecule has 0 heterocycles. The molecule has 1 N–H and O–H groups in total. The number of nitrogens with one attached hydrogen (secondary N) is 1. The van der Waals surface area contributed by atoms with Crippen molar-refractivity contribution in [3.63, 3.8) is 0 Å². The highest BCUT2D eigenvalue weighted by molar-refractivity contribution is 7.57. The molecule has 0 radical (unpaired) electrons. The molecule has 3 rings (SSSR count). The third kappa shape index (κ3) is 10.2. The summed E-state index contributed by atoms with van der Waals surface area (Å²) in [5.74, 6) is 0.993. The number of carbonyl (C=O) groups is 2. The van der Waals surface area contributed by atoms with Crippen LogP contribution in [0.15, 0.2) is 60.7 Å². The van der Waals surface area contributed by atoms with Gasteiger partial charge in [0, 0.05) is 6.42 Å². The Bertz CT molecular complexity index is 1450. The van der Waals surface area contributed by atoms with Crippen LogP contribution < -0.4 is 19.1 Å². The highest BCUT2D eigenvalue weighted by atomic mass is 31.2. The fraction of sp³-hybridized carbons (Fsp3) is 0.429. The van der Waals surface area contributed by atoms with Crippen molar-refractivity contribution in [3.05, 3.63) is 88.5 Å². The Labute approximate surface area is 262 Å². The van der Waals surface area contributed by atoms with E-state index in [1.807, 2.05) is 51.1 Å². The Hall–Kier alpha value is -3.61. The molecule has 2 atom stereocenters. The molecule has 0 bridgehead atoms. The van der Waals surface area contributed by atoms with Crippen LogP contribution in [-0.2, 0) is 25.3 Å². The van der Waals surface area contributed by atoms with Crippen LogP contribution in [0.5, 0.6) is 17.2 Å². The van der Waals surface area contributed by atoms with Gasteiger partial charge in [0.25, 0.3) is 0 Å². The van der Waals surface area contributed by atoms with Gasteiger partial charge in [-0.15, -0.1) is 0 Å². The number of aryl methyl sites for hydroxylation is 2. The van der Waals surface area contributed by atoms with Crippen molar-refractivity contribution < 1.29 is 32.9 Å². The molecule has 0 aliphatic heterocycles. The van der Waals surface area contributed by atoms with E-state index in [1.54, 1.807) is 45.0 Å². The molecule has 44 heavy (non-hydrogen) atoms. The van der Waals surface area contributed by atoms with Gasteiger partial charge < -0.3 is 18.7 Å². The topological polar surface area (TPSA) is 100 Å². The lowest BCUT2D eigenvalue weighted by atomic mass is 9.93. The first kappa shape index (κ1) is 34.9. The van der Waals surface area contributed by atoms with Crippen molar-refractivity contribution in [1.82, 2.24) is 5.09 Å². The molecule has 0 amide bonds. The molecule has 0 fully saturated rings. The van der Waals surface area contributed by atoms with Gasteiger partial charge in [-0.25, -0.2) is 5.09 Å². The van der Waals surface area contributed by atoms with Gasteiger partial charge in [0.15, 0.2) is 6.35 Å². The Morgan fingerprint density at radius 2 is 1.55 bits per heavy atom. The number of ether oxygens (including phenoxy) is 3. The van der Waals surface area contributed by atoms with Crippen LogP contribution in [0.3, 0.4) is 0 Å². The summed E-state index contributed by atoms with van der Waals surface area (Å²) in [6.07, 6.45) is 1.22. The second-order valence-corrected chi connectivity index (χ2v) is 13.7. The molecule has 1 unspecified atom stereocenters. The van der Waals surface area contributed by atoms with Crippen molar-refractivity contribution in [2.75, 3.05) is 6.35 Å². The van der Waals surface area contributed by atoms with Crippen LogP contribution >= 0.6 is 7.52 Å². The average Bonchev–Trinajstić information content (AvgIpc) is 2.94. The van der Waals surface area contributed by atoms with Crippen molar-refractivity contribution in [1.29, 1.82) is 0 Å². The summed E-state index contributed by atoms with van der Waals surface area (Å²) in [7, 11) is -3.70. The number of esters is 2. The van der Waals surface area contributed by atoms with E-state index < -0.39 is 19.5 Å². The summed E-state index contributed by atoms with van der Waals surface area (Å²) in [5.41, 5.74) is 5.29. The quantitative estimate of drug-likeness (QED) is 0.103. The third-order valence-corrected chi connectivity index (χ3v) is 8.67. The zero-order chi connectivity index (χ0) is 32.4. The van der Waals surface area contributed by atoms with Gasteiger partial charge in [-0.05, 0) is 112 Å². The second kappa shape index (κ2) is 15.9. The number of para-hydroxylation sites is 1. The van der Waals surface area contributed by atoms with E-state index in [0.717, 1.165) is 34.2 Å². The predicted molar refractivity (Wildman–Crippen MR) is 174 cm³/mol. The highest BCUT2D eigenvalue weighted by Gasteiger charge is 2.32. The van der Waals surface area contributed by atoms with E-state index in [1.165, 1.54) is 0 Å². The van der Waals surface area contributed by atoms with E-state index in [4.69, 9.17) is 18.7 Å². The Balaban J connectivity index is 1.79. The SMILES string of the molecule is CCCC(=O)Oc1ccc(Cc2c(C)cc(OCP(=O)(N[C@@H](C)C(=O)OC(C)C)Oc3ccccc3)cc2C)cc1C(C)C. The average molecular weight is 624 g/mol. The predicted octanol–water partition coefficient (Wildman–Crippen LogP) is 8.26. The molecule has 9 heteroatoms. The van der Waals surface area contributed by atoms with Crippen molar-refractivity contribution in [3.8, 4) is 17.2 Å². The molecule has 3 aromatic rings. The van der Waals surface area contributed by atoms with Crippen molar-refractivity contribution in [2.45, 2.75) is 92.7 Å².